The molecule has 18 nitrogen and oxygen atoms in total. The SMILES string of the molecule is CC(C)C(=O)C1CCCC1.CC(C)C(=O)CCC(=O)NCCN1CCOCC1.CC(C)C(=O)CCC(=O)O.CC(C)C(=O)CN.CC(C)C(=O)[C@H](N)C(C)C.CC(C)C(=O)c1cccnc1.CC(C)P(=O)(O)O.CCC. The van der Waals surface area contributed by atoms with Gasteiger partial charge in [-0.25, -0.2) is 0 Å². The van der Waals surface area contributed by atoms with E-state index in [9.17, 15) is 42.9 Å². The summed E-state index contributed by atoms with van der Waals surface area (Å²) in [6.45, 7) is 38.7. The lowest BCUT2D eigenvalue weighted by molar-refractivity contribution is -0.139. The molecule has 1 saturated heterocycles. The van der Waals surface area contributed by atoms with E-state index < -0.39 is 19.2 Å². The first-order chi connectivity index (χ1) is 35.1. The maximum Gasteiger partial charge on any atom is 0.328 e. The largest absolute Gasteiger partial charge is 0.481 e. The standard InChI is InChI=1S/C13H24N2O3.C9H11NO.C9H16O.C8H17NO.C7H12O3.C5H11NO.C3H9O3P.C3H8/c1-11(2)12(16)3-4-13(17)14-5-6-15-7-9-18-10-8-15;1-7(2)9(11)8-4-3-5-10-6-8;1-7(2)9(10)8-5-3-4-6-8;1-5(2)7(9)8(10)6(3)4;1-5(2)6(8)3-4-7(9)10;1-4(2)5(7)3-6;1-3(2)7(4,5)6;1-3-2/h11H,3-10H2,1-2H3,(H,14,17);3-7H,1-2H3;7-8H,3-6H2,1-2H3;5-7H,9H2,1-4H3;5H,3-4H2,1-2H3,(H,9,10);4H,3,6H2,1-2H3;3H,1-2H3,(H2,4,5,6);3H2,1-2H3/t;;;7-;;;;/m...1..../s1. The molecule has 2 heterocycles. The van der Waals surface area contributed by atoms with Crippen LogP contribution in [0.4, 0.5) is 0 Å². The lowest BCUT2D eigenvalue weighted by Crippen LogP contribution is -2.41. The fraction of sp³-hybridized carbons (Fsp3) is 0.772. The highest BCUT2D eigenvalue weighted by molar-refractivity contribution is 7.52. The lowest BCUT2D eigenvalue weighted by Gasteiger charge is -2.26. The maximum absolute atomic E-state index is 11.5. The number of carboxylic acids is 1. The van der Waals surface area contributed by atoms with E-state index in [1.807, 2.05) is 83.1 Å². The fourth-order valence-corrected chi connectivity index (χ4v) is 5.78. The quantitative estimate of drug-likeness (QED) is 0.0493. The van der Waals surface area contributed by atoms with E-state index in [0.29, 0.717) is 36.7 Å². The number of carboxylic acid groups (broad SMARTS) is 1. The Bertz CT molecular complexity index is 1750. The minimum absolute atomic E-state index is 0.0161. The molecule has 0 unspecified atom stereocenters. The first-order valence-electron chi connectivity index (χ1n) is 27.5. The second-order valence-electron chi connectivity index (χ2n) is 21.3. The maximum atomic E-state index is 11.5. The molecule has 1 aliphatic carbocycles. The number of hydrogen-bond acceptors (Lipinski definition) is 14. The zero-order valence-corrected chi connectivity index (χ0v) is 51.2. The molecule has 19 heteroatoms. The number of ketones is 6. The number of pyridine rings is 1. The van der Waals surface area contributed by atoms with E-state index in [-0.39, 0.29) is 102 Å². The highest BCUT2D eigenvalue weighted by Crippen LogP contribution is 2.40. The Morgan fingerprint density at radius 1 is 0.711 bits per heavy atom. The van der Waals surface area contributed by atoms with Crippen LogP contribution in [0.25, 0.3) is 0 Å². The van der Waals surface area contributed by atoms with E-state index >= 15 is 0 Å². The van der Waals surface area contributed by atoms with Gasteiger partial charge in [0.2, 0.25) is 5.91 Å². The van der Waals surface area contributed by atoms with Crippen molar-refractivity contribution < 1.29 is 62.6 Å². The molecule has 3 rings (SSSR count). The number of nitrogens with one attached hydrogen (secondary N) is 1. The number of nitrogens with zero attached hydrogens (tertiary/aromatic N) is 2. The molecular weight excluding hydrogens is 994 g/mol. The third kappa shape index (κ3) is 48.5. The van der Waals surface area contributed by atoms with Crippen molar-refractivity contribution in [3.05, 3.63) is 30.1 Å². The smallest absolute Gasteiger partial charge is 0.328 e. The highest BCUT2D eigenvalue weighted by atomic mass is 31.2. The Morgan fingerprint density at radius 2 is 1.16 bits per heavy atom. The van der Waals surface area contributed by atoms with Crippen LogP contribution in [-0.2, 0) is 42.9 Å². The molecule has 0 spiro atoms. The van der Waals surface area contributed by atoms with Crippen LogP contribution in [0.5, 0.6) is 0 Å². The van der Waals surface area contributed by atoms with Gasteiger partial charge in [-0.05, 0) is 30.9 Å². The number of Topliss-reactive ketones (excluding diaryl/α,β-unsaturated/α-hetero) is 6. The number of nitrogens with two attached hydrogens (primary N) is 2. The Morgan fingerprint density at radius 3 is 1.46 bits per heavy atom. The minimum Gasteiger partial charge on any atom is -0.481 e. The molecule has 2 aliphatic rings. The van der Waals surface area contributed by atoms with Gasteiger partial charge in [-0.2, -0.15) is 0 Å². The van der Waals surface area contributed by atoms with Gasteiger partial charge in [0.25, 0.3) is 0 Å². The number of morpholine rings is 1. The predicted octanol–water partition coefficient (Wildman–Crippen LogP) is 9.19. The molecule has 2 fully saturated rings. The average molecular weight is 1100 g/mol. The van der Waals surface area contributed by atoms with Crippen LogP contribution in [0.1, 0.15) is 193 Å². The number of amides is 1. The Balaban J connectivity index is -0.000000262. The van der Waals surface area contributed by atoms with Crippen molar-refractivity contribution >= 4 is 54.2 Å². The lowest BCUT2D eigenvalue weighted by atomic mass is 9.94. The minimum atomic E-state index is -3.74. The molecular formula is C57H108N5O13P. The molecule has 76 heavy (non-hydrogen) atoms. The summed E-state index contributed by atoms with van der Waals surface area (Å²) < 4.78 is 15.3. The number of carbonyl (C=O) groups excluding carboxylic acids is 7. The van der Waals surface area contributed by atoms with Crippen LogP contribution in [0.2, 0.25) is 0 Å². The predicted molar refractivity (Wildman–Crippen MR) is 306 cm³/mol. The topological polar surface area (TPSA) is 304 Å². The molecule has 1 atom stereocenters. The molecule has 0 aromatic carbocycles. The van der Waals surface area contributed by atoms with Crippen molar-refractivity contribution in [3.8, 4) is 0 Å². The number of rotatable bonds is 21. The fourth-order valence-electron chi connectivity index (χ4n) is 5.78. The Labute approximate surface area is 459 Å². The summed E-state index contributed by atoms with van der Waals surface area (Å²) in [4.78, 5) is 110. The molecule has 1 amide bonds. The summed E-state index contributed by atoms with van der Waals surface area (Å²) in [6, 6.07) is 3.28. The third-order valence-corrected chi connectivity index (χ3v) is 12.6. The summed E-state index contributed by atoms with van der Waals surface area (Å²) in [7, 11) is -3.74. The molecule has 8 N–H and O–H groups in total. The number of hydrogen-bond donors (Lipinski definition) is 6. The third-order valence-electron chi connectivity index (χ3n) is 11.3. The monoisotopic (exact) mass is 1100 g/mol. The summed E-state index contributed by atoms with van der Waals surface area (Å²) >= 11 is 0. The second kappa shape index (κ2) is 48.2. The zero-order chi connectivity index (χ0) is 60.3. The van der Waals surface area contributed by atoms with Gasteiger partial charge in [-0.3, -0.25) is 52.8 Å². The number of ether oxygens (including phenoxy) is 1. The molecule has 1 aliphatic heterocycles. The Kier molecular flexibility index (Phi) is 51.4. The normalized spacial score (nSPS) is 13.6. The summed E-state index contributed by atoms with van der Waals surface area (Å²) in [5.74, 6) is 1.28. The van der Waals surface area contributed by atoms with Gasteiger partial charge in [0.15, 0.2) is 11.6 Å². The van der Waals surface area contributed by atoms with E-state index in [1.54, 1.807) is 38.4 Å². The van der Waals surface area contributed by atoms with E-state index in [2.05, 4.69) is 29.0 Å². The average Bonchev–Trinajstić information content (AvgIpc) is 3.90. The van der Waals surface area contributed by atoms with Gasteiger partial charge in [0, 0.05) is 105 Å². The second-order valence-corrected chi connectivity index (χ2v) is 23.5. The summed E-state index contributed by atoms with van der Waals surface area (Å²) in [5.41, 5.74) is 10.8. The van der Waals surface area contributed by atoms with Crippen LogP contribution in [0.15, 0.2) is 24.5 Å². The molecule has 0 bridgehead atoms. The molecule has 444 valence electrons. The summed E-state index contributed by atoms with van der Waals surface area (Å²) in [6.07, 6.45) is 10.1. The number of aliphatic carboxylic acids is 1. The van der Waals surface area contributed by atoms with Gasteiger partial charge >= 0.3 is 13.6 Å². The van der Waals surface area contributed by atoms with Crippen molar-refractivity contribution in [2.24, 2.45) is 58.8 Å². The van der Waals surface area contributed by atoms with Crippen molar-refractivity contribution in [3.63, 3.8) is 0 Å². The first kappa shape index (κ1) is 81.0. The van der Waals surface area contributed by atoms with Crippen molar-refractivity contribution in [2.75, 3.05) is 45.9 Å². The van der Waals surface area contributed by atoms with Gasteiger partial charge in [0.1, 0.15) is 23.1 Å². The zero-order valence-electron chi connectivity index (χ0n) is 50.3. The highest BCUT2D eigenvalue weighted by Gasteiger charge is 2.24. The number of aromatic nitrogens is 1. The van der Waals surface area contributed by atoms with E-state index in [1.165, 1.54) is 33.1 Å². The van der Waals surface area contributed by atoms with Crippen molar-refractivity contribution in [1.29, 1.82) is 0 Å². The van der Waals surface area contributed by atoms with Crippen LogP contribution in [0.3, 0.4) is 0 Å². The first-order valence-corrected chi connectivity index (χ1v) is 29.1. The van der Waals surface area contributed by atoms with Crippen LogP contribution < -0.4 is 16.8 Å². The van der Waals surface area contributed by atoms with E-state index in [0.717, 1.165) is 45.7 Å². The molecule has 0 radical (unpaired) electrons. The van der Waals surface area contributed by atoms with Crippen LogP contribution in [0, 0.1) is 47.3 Å². The molecule has 1 aromatic rings. The van der Waals surface area contributed by atoms with Gasteiger partial charge in [-0.1, -0.05) is 144 Å². The van der Waals surface area contributed by atoms with Crippen LogP contribution in [-0.4, -0.2) is 129 Å². The molecule has 1 aromatic heterocycles. The van der Waals surface area contributed by atoms with Gasteiger partial charge < -0.3 is 36.4 Å². The van der Waals surface area contributed by atoms with Crippen molar-refractivity contribution in [1.82, 2.24) is 15.2 Å². The Hall–Kier alpha value is -3.90. The van der Waals surface area contributed by atoms with Crippen molar-refractivity contribution in [2.45, 2.75) is 194 Å². The number of carbonyl (C=O) groups is 8. The van der Waals surface area contributed by atoms with Crippen LogP contribution >= 0.6 is 7.60 Å². The summed E-state index contributed by atoms with van der Waals surface area (Å²) in [5, 5.41) is 11.0. The van der Waals surface area contributed by atoms with Gasteiger partial charge in [0.05, 0.1) is 37.9 Å². The van der Waals surface area contributed by atoms with Gasteiger partial charge in [-0.15, -0.1) is 0 Å². The van der Waals surface area contributed by atoms with E-state index in [4.69, 9.17) is 31.1 Å². The molecule has 1 saturated carbocycles.